The highest BCUT2D eigenvalue weighted by atomic mass is 16.5. The Bertz CT molecular complexity index is 404. The van der Waals surface area contributed by atoms with Crippen molar-refractivity contribution in [1.29, 1.82) is 0 Å². The molecule has 0 aromatic heterocycles. The van der Waals surface area contributed by atoms with Gasteiger partial charge in [0.2, 0.25) is 0 Å². The maximum absolute atomic E-state index is 12.2. The molecule has 1 saturated heterocycles. The molecule has 1 atom stereocenters. The molecule has 0 spiro atoms. The third kappa shape index (κ3) is 4.34. The number of hydrogen-bond acceptors (Lipinski definition) is 4. The van der Waals surface area contributed by atoms with E-state index in [1.54, 1.807) is 4.90 Å². The van der Waals surface area contributed by atoms with Crippen LogP contribution in [0.5, 0.6) is 0 Å². The quantitative estimate of drug-likeness (QED) is 0.744. The van der Waals surface area contributed by atoms with E-state index in [1.165, 1.54) is 14.0 Å². The van der Waals surface area contributed by atoms with E-state index in [0.29, 0.717) is 38.8 Å². The summed E-state index contributed by atoms with van der Waals surface area (Å²) in [6.45, 7) is 4.23. The van der Waals surface area contributed by atoms with Gasteiger partial charge in [0.1, 0.15) is 5.54 Å². The molecule has 0 aromatic carbocycles. The first kappa shape index (κ1) is 17.3. The van der Waals surface area contributed by atoms with Crippen molar-refractivity contribution in [2.75, 3.05) is 20.2 Å². The largest absolute Gasteiger partial charge is 0.480 e. The van der Waals surface area contributed by atoms with Crippen LogP contribution in [0.25, 0.3) is 0 Å². The summed E-state index contributed by atoms with van der Waals surface area (Å²) in [6.07, 6.45) is 2.11. The number of carboxylic acids is 1. The number of carbonyl (C=O) groups excluding carboxylic acids is 2. The number of hydrogen-bond donors (Lipinski definition) is 2. The van der Waals surface area contributed by atoms with E-state index in [1.807, 2.05) is 6.92 Å². The summed E-state index contributed by atoms with van der Waals surface area (Å²) in [5, 5.41) is 11.9. The van der Waals surface area contributed by atoms with Gasteiger partial charge >= 0.3 is 18.0 Å². The molecule has 7 nitrogen and oxygen atoms in total. The minimum absolute atomic E-state index is 0.180. The number of methoxy groups -OCH3 is 1. The van der Waals surface area contributed by atoms with Gasteiger partial charge in [0.15, 0.2) is 0 Å². The third-order valence-electron chi connectivity index (χ3n) is 3.92. The van der Waals surface area contributed by atoms with Crippen LogP contribution in [0.1, 0.15) is 39.5 Å². The van der Waals surface area contributed by atoms with Gasteiger partial charge in [-0.2, -0.15) is 0 Å². The molecule has 120 valence electrons. The van der Waals surface area contributed by atoms with Crippen LogP contribution in [0, 0.1) is 5.92 Å². The van der Waals surface area contributed by atoms with Crippen LogP contribution < -0.4 is 5.32 Å². The van der Waals surface area contributed by atoms with Gasteiger partial charge < -0.3 is 20.1 Å². The van der Waals surface area contributed by atoms with Crippen LogP contribution in [0.3, 0.4) is 0 Å². The Labute approximate surface area is 124 Å². The van der Waals surface area contributed by atoms with E-state index in [2.05, 4.69) is 5.32 Å². The topological polar surface area (TPSA) is 95.9 Å². The lowest BCUT2D eigenvalue weighted by Crippen LogP contribution is -2.57. The number of urea groups is 1. The molecule has 1 unspecified atom stereocenters. The van der Waals surface area contributed by atoms with Crippen LogP contribution in [-0.2, 0) is 14.3 Å². The number of nitrogens with zero attached hydrogens (tertiary/aromatic N) is 1. The summed E-state index contributed by atoms with van der Waals surface area (Å²) in [7, 11) is 1.35. The summed E-state index contributed by atoms with van der Waals surface area (Å²) >= 11 is 0. The lowest BCUT2D eigenvalue weighted by molar-refractivity contribution is -0.146. The molecule has 0 radical (unpaired) electrons. The lowest BCUT2D eigenvalue weighted by Gasteiger charge is -2.34. The number of likely N-dealkylation sites (tertiary alicyclic amines) is 1. The Balaban J connectivity index is 2.57. The molecule has 1 aliphatic rings. The van der Waals surface area contributed by atoms with Crippen molar-refractivity contribution in [3.8, 4) is 0 Å². The summed E-state index contributed by atoms with van der Waals surface area (Å²) in [5.41, 5.74) is -1.26. The highest BCUT2D eigenvalue weighted by Crippen LogP contribution is 2.20. The minimum Gasteiger partial charge on any atom is -0.480 e. The Morgan fingerprint density at radius 3 is 2.33 bits per heavy atom. The molecule has 21 heavy (non-hydrogen) atoms. The smallest absolute Gasteiger partial charge is 0.329 e. The number of ether oxygens (including phenoxy) is 1. The molecular formula is C14H24N2O5. The van der Waals surface area contributed by atoms with Crippen LogP contribution in [-0.4, -0.2) is 53.7 Å². The van der Waals surface area contributed by atoms with Crippen molar-refractivity contribution < 1.29 is 24.2 Å². The first-order chi connectivity index (χ1) is 9.84. The fourth-order valence-electron chi connectivity index (χ4n) is 2.52. The van der Waals surface area contributed by atoms with Gasteiger partial charge in [0, 0.05) is 13.1 Å². The average molecular weight is 300 g/mol. The highest BCUT2D eigenvalue weighted by molar-refractivity contribution is 5.86. The summed E-state index contributed by atoms with van der Waals surface area (Å²) in [5.74, 6) is -1.47. The molecule has 0 aromatic rings. The molecule has 1 aliphatic heterocycles. The van der Waals surface area contributed by atoms with Crippen molar-refractivity contribution >= 4 is 18.0 Å². The maximum atomic E-state index is 12.2. The monoisotopic (exact) mass is 300 g/mol. The second kappa shape index (κ2) is 7.28. The van der Waals surface area contributed by atoms with Crippen molar-refractivity contribution in [1.82, 2.24) is 10.2 Å². The van der Waals surface area contributed by atoms with Crippen LogP contribution in [0.2, 0.25) is 0 Å². The van der Waals surface area contributed by atoms with Gasteiger partial charge in [-0.3, -0.25) is 4.79 Å². The molecule has 0 saturated carbocycles. The van der Waals surface area contributed by atoms with Crippen LogP contribution in [0.4, 0.5) is 4.79 Å². The van der Waals surface area contributed by atoms with E-state index in [0.717, 1.165) is 0 Å². The van der Waals surface area contributed by atoms with Crippen molar-refractivity contribution in [3.63, 3.8) is 0 Å². The van der Waals surface area contributed by atoms with E-state index >= 15 is 0 Å². The van der Waals surface area contributed by atoms with Crippen molar-refractivity contribution in [2.45, 2.75) is 45.1 Å². The molecule has 2 N–H and O–H groups in total. The SMILES string of the molecule is CCCC(C)(NC(=O)N1CCC(C(=O)OC)CC1)C(=O)O. The van der Waals surface area contributed by atoms with Crippen LogP contribution >= 0.6 is 0 Å². The summed E-state index contributed by atoms with van der Waals surface area (Å²) in [4.78, 5) is 36.5. The Morgan fingerprint density at radius 2 is 1.90 bits per heavy atom. The Hall–Kier alpha value is -1.79. The van der Waals surface area contributed by atoms with Gasteiger partial charge in [-0.25, -0.2) is 9.59 Å². The van der Waals surface area contributed by atoms with Gasteiger partial charge in [-0.05, 0) is 26.2 Å². The van der Waals surface area contributed by atoms with E-state index in [9.17, 15) is 19.5 Å². The first-order valence-electron chi connectivity index (χ1n) is 7.22. The molecule has 2 amide bonds. The van der Waals surface area contributed by atoms with Gasteiger partial charge in [-0.15, -0.1) is 0 Å². The molecular weight excluding hydrogens is 276 g/mol. The summed E-state index contributed by atoms with van der Waals surface area (Å²) in [6, 6.07) is -0.392. The number of rotatable bonds is 5. The third-order valence-corrected chi connectivity index (χ3v) is 3.92. The number of amides is 2. The maximum Gasteiger partial charge on any atom is 0.329 e. The molecule has 1 fully saturated rings. The fraction of sp³-hybridized carbons (Fsp3) is 0.786. The van der Waals surface area contributed by atoms with E-state index < -0.39 is 17.5 Å². The van der Waals surface area contributed by atoms with Crippen molar-refractivity contribution in [2.24, 2.45) is 5.92 Å². The predicted octanol–water partition coefficient (Wildman–Crippen LogP) is 1.22. The fourth-order valence-corrected chi connectivity index (χ4v) is 2.52. The van der Waals surface area contributed by atoms with Crippen LogP contribution in [0.15, 0.2) is 0 Å². The number of carbonyl (C=O) groups is 3. The zero-order chi connectivity index (χ0) is 16.0. The Morgan fingerprint density at radius 1 is 1.33 bits per heavy atom. The lowest BCUT2D eigenvalue weighted by atomic mass is 9.95. The second-order valence-corrected chi connectivity index (χ2v) is 5.60. The standard InChI is InChI=1S/C14H24N2O5/c1-4-7-14(2,12(18)19)15-13(20)16-8-5-10(6-9-16)11(17)21-3/h10H,4-9H2,1-3H3,(H,15,20)(H,18,19). The molecule has 0 bridgehead atoms. The van der Waals surface area contributed by atoms with Gasteiger partial charge in [0.05, 0.1) is 13.0 Å². The zero-order valence-electron chi connectivity index (χ0n) is 12.8. The van der Waals surface area contributed by atoms with Crippen molar-refractivity contribution in [3.05, 3.63) is 0 Å². The van der Waals surface area contributed by atoms with Gasteiger partial charge in [-0.1, -0.05) is 13.3 Å². The average Bonchev–Trinajstić information content (AvgIpc) is 2.46. The van der Waals surface area contributed by atoms with Gasteiger partial charge in [0.25, 0.3) is 0 Å². The zero-order valence-corrected chi connectivity index (χ0v) is 12.8. The second-order valence-electron chi connectivity index (χ2n) is 5.60. The molecule has 0 aliphatic carbocycles. The number of esters is 1. The molecule has 1 heterocycles. The number of carboxylic acid groups (broad SMARTS) is 1. The number of aliphatic carboxylic acids is 1. The predicted molar refractivity (Wildman–Crippen MR) is 75.8 cm³/mol. The normalized spacial score (nSPS) is 18.7. The van der Waals surface area contributed by atoms with E-state index in [-0.39, 0.29) is 11.9 Å². The molecule has 1 rings (SSSR count). The minimum atomic E-state index is -1.26. The molecule has 7 heteroatoms. The number of nitrogens with one attached hydrogen (secondary N) is 1. The number of piperidine rings is 1. The highest BCUT2D eigenvalue weighted by Gasteiger charge is 2.36. The Kier molecular flexibility index (Phi) is 5.99. The van der Waals surface area contributed by atoms with E-state index in [4.69, 9.17) is 4.74 Å². The summed E-state index contributed by atoms with van der Waals surface area (Å²) < 4.78 is 4.69. The first-order valence-corrected chi connectivity index (χ1v) is 7.22.